The van der Waals surface area contributed by atoms with Gasteiger partial charge in [0, 0.05) is 18.3 Å². The van der Waals surface area contributed by atoms with Crippen LogP contribution in [-0.4, -0.2) is 29.8 Å². The quantitative estimate of drug-likeness (QED) is 0.610. The summed E-state index contributed by atoms with van der Waals surface area (Å²) in [5.74, 6) is 0.861. The minimum atomic E-state index is -0.214. The minimum Gasteiger partial charge on any atom is -0.325 e. The lowest BCUT2D eigenvalue weighted by molar-refractivity contribution is 0.317. The van der Waals surface area contributed by atoms with Gasteiger partial charge in [0.2, 0.25) is 0 Å². The highest BCUT2D eigenvalue weighted by atomic mass is 32.2. The van der Waals surface area contributed by atoms with Gasteiger partial charge in [-0.05, 0) is 44.0 Å². The van der Waals surface area contributed by atoms with E-state index in [9.17, 15) is 4.79 Å². The molecule has 0 radical (unpaired) electrons. The van der Waals surface area contributed by atoms with E-state index in [0.29, 0.717) is 11.2 Å². The van der Waals surface area contributed by atoms with Crippen molar-refractivity contribution in [1.82, 2.24) is 29.8 Å². The van der Waals surface area contributed by atoms with Crippen molar-refractivity contribution in [3.63, 3.8) is 0 Å². The van der Waals surface area contributed by atoms with Crippen molar-refractivity contribution >= 4 is 11.8 Å². The monoisotopic (exact) mass is 348 g/mol. The molecule has 2 heterocycles. The highest BCUT2D eigenvalue weighted by molar-refractivity contribution is 7.99. The Hall–Kier alpha value is -1.70. The fourth-order valence-corrected chi connectivity index (χ4v) is 4.25. The van der Waals surface area contributed by atoms with E-state index in [-0.39, 0.29) is 16.9 Å². The number of tetrazole rings is 1. The van der Waals surface area contributed by atoms with Gasteiger partial charge >= 0.3 is 0 Å². The standard InChI is InChI=1S/C16H24N6OS/c1-11(2)21-10-9-14(23)17-16(21)24-12(3)15-18-19-20-22(15)13-7-5-4-6-8-13/h9-13H,4-8H2,1-3H3. The SMILES string of the molecule is CC(Sc1nc(=O)ccn1C(C)C)c1nnnn1C1CCCCC1. The number of nitrogens with zero attached hydrogens (tertiary/aromatic N) is 6. The molecule has 0 aliphatic heterocycles. The van der Waals surface area contributed by atoms with Gasteiger partial charge in [-0.1, -0.05) is 31.0 Å². The van der Waals surface area contributed by atoms with E-state index in [1.54, 1.807) is 6.20 Å². The first-order valence-electron chi connectivity index (χ1n) is 8.60. The van der Waals surface area contributed by atoms with Crippen molar-refractivity contribution in [2.75, 3.05) is 0 Å². The first-order valence-corrected chi connectivity index (χ1v) is 9.48. The summed E-state index contributed by atoms with van der Waals surface area (Å²) >= 11 is 1.54. The third kappa shape index (κ3) is 3.68. The van der Waals surface area contributed by atoms with Crippen LogP contribution < -0.4 is 5.56 Å². The molecule has 8 heteroatoms. The summed E-state index contributed by atoms with van der Waals surface area (Å²) in [6, 6.07) is 2.13. The van der Waals surface area contributed by atoms with Gasteiger partial charge < -0.3 is 4.57 Å². The van der Waals surface area contributed by atoms with Gasteiger partial charge in [-0.3, -0.25) is 4.79 Å². The maximum Gasteiger partial charge on any atom is 0.273 e. The van der Waals surface area contributed by atoms with Crippen LogP contribution in [0.1, 0.15) is 76.0 Å². The second kappa shape index (κ2) is 7.46. The molecule has 3 rings (SSSR count). The molecule has 2 aromatic heterocycles. The summed E-state index contributed by atoms with van der Waals surface area (Å²) in [4.78, 5) is 15.8. The van der Waals surface area contributed by atoms with Crippen molar-refractivity contribution in [1.29, 1.82) is 0 Å². The number of hydrogen-bond donors (Lipinski definition) is 0. The molecule has 0 spiro atoms. The summed E-state index contributed by atoms with van der Waals surface area (Å²) in [5.41, 5.74) is -0.214. The average Bonchev–Trinajstić information content (AvgIpc) is 3.05. The van der Waals surface area contributed by atoms with Crippen LogP contribution in [0.4, 0.5) is 0 Å². The molecule has 1 saturated carbocycles. The second-order valence-corrected chi connectivity index (χ2v) is 7.89. The minimum absolute atomic E-state index is 0.0289. The fourth-order valence-electron chi connectivity index (χ4n) is 3.14. The van der Waals surface area contributed by atoms with Crippen LogP contribution in [0.25, 0.3) is 0 Å². The van der Waals surface area contributed by atoms with Crippen LogP contribution in [0, 0.1) is 0 Å². The van der Waals surface area contributed by atoms with E-state index in [1.807, 2.05) is 9.25 Å². The molecule has 130 valence electrons. The Morgan fingerprint density at radius 1 is 1.21 bits per heavy atom. The fraction of sp³-hybridized carbons (Fsp3) is 0.688. The van der Waals surface area contributed by atoms with E-state index >= 15 is 0 Å². The average molecular weight is 348 g/mol. The van der Waals surface area contributed by atoms with Crippen LogP contribution in [0.15, 0.2) is 22.2 Å². The largest absolute Gasteiger partial charge is 0.325 e. The molecule has 2 aromatic rings. The molecule has 24 heavy (non-hydrogen) atoms. The van der Waals surface area contributed by atoms with Crippen molar-refractivity contribution in [3.8, 4) is 0 Å². The first kappa shape index (κ1) is 17.1. The summed E-state index contributed by atoms with van der Waals surface area (Å²) < 4.78 is 3.99. The zero-order valence-electron chi connectivity index (χ0n) is 14.4. The molecular formula is C16H24N6OS. The highest BCUT2D eigenvalue weighted by Crippen LogP contribution is 2.36. The predicted molar refractivity (Wildman–Crippen MR) is 93.1 cm³/mol. The van der Waals surface area contributed by atoms with E-state index in [0.717, 1.165) is 18.7 Å². The third-order valence-electron chi connectivity index (χ3n) is 4.45. The number of rotatable bonds is 5. The molecule has 1 aliphatic rings. The van der Waals surface area contributed by atoms with Gasteiger partial charge in [0.25, 0.3) is 5.56 Å². The Morgan fingerprint density at radius 3 is 2.67 bits per heavy atom. The molecule has 1 atom stereocenters. The molecule has 0 bridgehead atoms. The zero-order valence-corrected chi connectivity index (χ0v) is 15.2. The van der Waals surface area contributed by atoms with Gasteiger partial charge in [0.05, 0.1) is 11.3 Å². The molecule has 0 aromatic carbocycles. The van der Waals surface area contributed by atoms with Gasteiger partial charge in [-0.2, -0.15) is 4.98 Å². The van der Waals surface area contributed by atoms with Crippen molar-refractivity contribution in [2.24, 2.45) is 0 Å². The maximum atomic E-state index is 11.7. The van der Waals surface area contributed by atoms with E-state index in [4.69, 9.17) is 0 Å². The molecule has 7 nitrogen and oxygen atoms in total. The van der Waals surface area contributed by atoms with Crippen LogP contribution in [0.5, 0.6) is 0 Å². The Labute approximate surface area is 145 Å². The molecule has 0 N–H and O–H groups in total. The van der Waals surface area contributed by atoms with Crippen LogP contribution in [0.3, 0.4) is 0 Å². The molecule has 0 saturated heterocycles. The van der Waals surface area contributed by atoms with Crippen molar-refractivity contribution in [2.45, 2.75) is 75.4 Å². The van der Waals surface area contributed by atoms with E-state index < -0.39 is 0 Å². The summed E-state index contributed by atoms with van der Waals surface area (Å²) in [5, 5.41) is 13.1. The number of hydrogen-bond acceptors (Lipinski definition) is 6. The molecule has 1 unspecified atom stereocenters. The van der Waals surface area contributed by atoms with E-state index in [1.165, 1.54) is 37.1 Å². The van der Waals surface area contributed by atoms with Gasteiger partial charge in [0.15, 0.2) is 11.0 Å². The summed E-state index contributed by atoms with van der Waals surface area (Å²) in [6.07, 6.45) is 7.84. The normalized spacial score (nSPS) is 17.3. The highest BCUT2D eigenvalue weighted by Gasteiger charge is 2.24. The molecular weight excluding hydrogens is 324 g/mol. The topological polar surface area (TPSA) is 78.5 Å². The van der Waals surface area contributed by atoms with Crippen molar-refractivity contribution in [3.05, 3.63) is 28.4 Å². The third-order valence-corrected chi connectivity index (χ3v) is 5.52. The van der Waals surface area contributed by atoms with Crippen molar-refractivity contribution < 1.29 is 0 Å². The summed E-state index contributed by atoms with van der Waals surface area (Å²) in [6.45, 7) is 6.22. The number of aromatic nitrogens is 6. The Morgan fingerprint density at radius 2 is 1.96 bits per heavy atom. The molecule has 0 amide bonds. The lowest BCUT2D eigenvalue weighted by atomic mass is 9.95. The Bertz CT molecular complexity index is 734. The van der Waals surface area contributed by atoms with E-state index in [2.05, 4.69) is 41.3 Å². The molecule has 1 fully saturated rings. The Balaban J connectivity index is 1.83. The first-order chi connectivity index (χ1) is 11.6. The molecule has 1 aliphatic carbocycles. The smallest absolute Gasteiger partial charge is 0.273 e. The van der Waals surface area contributed by atoms with Gasteiger partial charge in [-0.15, -0.1) is 5.10 Å². The maximum absolute atomic E-state index is 11.7. The lowest BCUT2D eigenvalue weighted by Gasteiger charge is -2.24. The van der Waals surface area contributed by atoms with Crippen LogP contribution >= 0.6 is 11.8 Å². The lowest BCUT2D eigenvalue weighted by Crippen LogP contribution is -2.19. The van der Waals surface area contributed by atoms with Gasteiger partial charge in [0.1, 0.15) is 0 Å². The van der Waals surface area contributed by atoms with Crippen LogP contribution in [-0.2, 0) is 0 Å². The van der Waals surface area contributed by atoms with Crippen LogP contribution in [0.2, 0.25) is 0 Å². The van der Waals surface area contributed by atoms with Gasteiger partial charge in [-0.25, -0.2) is 4.68 Å². The predicted octanol–water partition coefficient (Wildman–Crippen LogP) is 3.17. The number of thioether (sulfide) groups is 1. The summed E-state index contributed by atoms with van der Waals surface area (Å²) in [7, 11) is 0. The zero-order chi connectivity index (χ0) is 17.1. The Kier molecular flexibility index (Phi) is 5.33. The second-order valence-electron chi connectivity index (χ2n) is 6.58.